The molecule has 0 saturated carbocycles. The van der Waals surface area contributed by atoms with Gasteiger partial charge in [0.2, 0.25) is 0 Å². The summed E-state index contributed by atoms with van der Waals surface area (Å²) < 4.78 is 6.50. The molecule has 12 aromatic rings. The van der Waals surface area contributed by atoms with E-state index in [1.54, 1.807) is 0 Å². The molecule has 0 saturated heterocycles. The van der Waals surface area contributed by atoms with Gasteiger partial charge in [0.05, 0.1) is 11.1 Å². The molecule has 2 heteroatoms. The number of furan rings is 1. The van der Waals surface area contributed by atoms with E-state index < -0.39 is 5.41 Å². The summed E-state index contributed by atoms with van der Waals surface area (Å²) in [5.74, 6) is 0. The number of rotatable bonds is 9. The number of nitrogens with zero attached hydrogens (tertiary/aromatic N) is 1. The van der Waals surface area contributed by atoms with Crippen LogP contribution in [0.1, 0.15) is 22.3 Å². The Kier molecular flexibility index (Phi) is 9.77. The Hall–Kier alpha value is -8.98. The highest BCUT2D eigenvalue weighted by Gasteiger charge is 2.46. The van der Waals surface area contributed by atoms with E-state index in [0.29, 0.717) is 0 Å². The summed E-state index contributed by atoms with van der Waals surface area (Å²) in [4.78, 5) is 2.40. The zero-order chi connectivity index (χ0) is 45.7. The molecule has 0 bridgehead atoms. The van der Waals surface area contributed by atoms with Gasteiger partial charge in [-0.25, -0.2) is 0 Å². The molecule has 0 radical (unpaired) electrons. The van der Waals surface area contributed by atoms with E-state index in [4.69, 9.17) is 4.42 Å². The van der Waals surface area contributed by atoms with E-state index >= 15 is 0 Å². The quantitative estimate of drug-likeness (QED) is 0.144. The lowest BCUT2D eigenvalue weighted by Gasteiger charge is -2.34. The average molecular weight is 880 g/mol. The highest BCUT2D eigenvalue weighted by molar-refractivity contribution is 6.09. The Labute approximate surface area is 402 Å². The van der Waals surface area contributed by atoms with Crippen molar-refractivity contribution in [2.24, 2.45) is 0 Å². The van der Waals surface area contributed by atoms with E-state index in [1.165, 1.54) is 55.6 Å². The first-order chi connectivity index (χ1) is 34.2. The van der Waals surface area contributed by atoms with Crippen LogP contribution in [-0.2, 0) is 5.41 Å². The molecule has 11 aromatic carbocycles. The fraction of sp³-hybridized carbons (Fsp3) is 0.0149. The molecule has 13 rings (SSSR count). The Morgan fingerprint density at radius 2 is 0.739 bits per heavy atom. The van der Waals surface area contributed by atoms with Crippen LogP contribution in [0.15, 0.2) is 277 Å². The van der Waals surface area contributed by atoms with Crippen molar-refractivity contribution in [3.8, 4) is 55.6 Å². The molecular formula is C67H45NO. The molecule has 1 heterocycles. The lowest BCUT2D eigenvalue weighted by molar-refractivity contribution is 0.670. The lowest BCUT2D eigenvalue weighted by Crippen LogP contribution is -2.28. The summed E-state index contributed by atoms with van der Waals surface area (Å²) in [6.07, 6.45) is 0. The maximum Gasteiger partial charge on any atom is 0.143 e. The van der Waals surface area contributed by atoms with Gasteiger partial charge in [-0.05, 0) is 103 Å². The van der Waals surface area contributed by atoms with Crippen molar-refractivity contribution < 1.29 is 4.42 Å². The van der Waals surface area contributed by atoms with Gasteiger partial charge in [-0.15, -0.1) is 0 Å². The van der Waals surface area contributed by atoms with Gasteiger partial charge in [-0.1, -0.05) is 237 Å². The molecule has 1 aliphatic rings. The minimum Gasteiger partial charge on any atom is -0.455 e. The van der Waals surface area contributed by atoms with Crippen molar-refractivity contribution in [3.63, 3.8) is 0 Å². The molecule has 0 fully saturated rings. The minimum atomic E-state index is -0.466. The smallest absolute Gasteiger partial charge is 0.143 e. The van der Waals surface area contributed by atoms with Crippen LogP contribution in [0.4, 0.5) is 17.1 Å². The number of para-hydroxylation sites is 3. The highest BCUT2D eigenvalue weighted by atomic mass is 16.3. The van der Waals surface area contributed by atoms with E-state index in [2.05, 4.69) is 266 Å². The number of anilines is 3. The molecule has 0 aliphatic heterocycles. The first-order valence-electron chi connectivity index (χ1n) is 23.7. The summed E-state index contributed by atoms with van der Waals surface area (Å²) in [5, 5.41) is 2.25. The van der Waals surface area contributed by atoms with Crippen molar-refractivity contribution in [1.82, 2.24) is 0 Å². The number of fused-ring (bicyclic) bond motifs is 6. The predicted octanol–water partition coefficient (Wildman–Crippen LogP) is 18.1. The van der Waals surface area contributed by atoms with Gasteiger partial charge in [0.15, 0.2) is 0 Å². The molecule has 0 atom stereocenters. The van der Waals surface area contributed by atoms with Crippen molar-refractivity contribution in [2.45, 2.75) is 5.41 Å². The summed E-state index contributed by atoms with van der Waals surface area (Å²) in [6, 6.07) is 99.1. The summed E-state index contributed by atoms with van der Waals surface area (Å²) in [7, 11) is 0. The number of benzene rings is 11. The number of hydrogen-bond acceptors (Lipinski definition) is 2. The standard InChI is InChI=1S/C67H45NO/c1-4-18-46(19-5-1)47-34-36-48(37-35-47)55-24-11-14-32-63(55)68(54-44-40-50(41-45-54)57-28-16-29-59-58-25-12-15-33-64(58)69-66(57)59)53-42-38-49(39-43-53)56-27-17-31-62-65(56)60-26-10-13-30-61(60)67(62,51-20-6-2-7-21-51)52-22-8-3-9-23-52/h1-45H. The third-order valence-corrected chi connectivity index (χ3v) is 14.2. The second kappa shape index (κ2) is 16.7. The van der Waals surface area contributed by atoms with E-state index in [-0.39, 0.29) is 0 Å². The fourth-order valence-corrected chi connectivity index (χ4v) is 11.1. The molecule has 1 aromatic heterocycles. The van der Waals surface area contributed by atoms with Crippen molar-refractivity contribution in [3.05, 3.63) is 295 Å². The largest absolute Gasteiger partial charge is 0.455 e. The minimum absolute atomic E-state index is 0.466. The molecule has 0 spiro atoms. The monoisotopic (exact) mass is 879 g/mol. The second-order valence-corrected chi connectivity index (χ2v) is 17.9. The molecular weight excluding hydrogens is 835 g/mol. The highest BCUT2D eigenvalue weighted by Crippen LogP contribution is 2.58. The molecule has 69 heavy (non-hydrogen) atoms. The van der Waals surface area contributed by atoms with Gasteiger partial charge in [0, 0.05) is 33.3 Å². The average Bonchev–Trinajstić information content (AvgIpc) is 3.97. The summed E-state index contributed by atoms with van der Waals surface area (Å²) in [5.41, 5.74) is 21.5. The van der Waals surface area contributed by atoms with E-state index in [0.717, 1.165) is 61.3 Å². The Morgan fingerprint density at radius 1 is 0.290 bits per heavy atom. The van der Waals surface area contributed by atoms with Crippen LogP contribution >= 0.6 is 0 Å². The van der Waals surface area contributed by atoms with Crippen LogP contribution in [0.2, 0.25) is 0 Å². The summed E-state index contributed by atoms with van der Waals surface area (Å²) >= 11 is 0. The zero-order valence-corrected chi connectivity index (χ0v) is 37.8. The van der Waals surface area contributed by atoms with Gasteiger partial charge in [-0.3, -0.25) is 0 Å². The van der Waals surface area contributed by atoms with Crippen LogP contribution < -0.4 is 4.90 Å². The molecule has 1 aliphatic carbocycles. The van der Waals surface area contributed by atoms with Gasteiger partial charge in [-0.2, -0.15) is 0 Å². The van der Waals surface area contributed by atoms with Gasteiger partial charge < -0.3 is 9.32 Å². The van der Waals surface area contributed by atoms with Crippen LogP contribution in [0.3, 0.4) is 0 Å². The van der Waals surface area contributed by atoms with Crippen molar-refractivity contribution in [2.75, 3.05) is 4.90 Å². The van der Waals surface area contributed by atoms with Gasteiger partial charge in [0.25, 0.3) is 0 Å². The van der Waals surface area contributed by atoms with Crippen LogP contribution in [0, 0.1) is 0 Å². The normalized spacial score (nSPS) is 12.5. The lowest BCUT2D eigenvalue weighted by atomic mass is 9.67. The van der Waals surface area contributed by atoms with Crippen LogP contribution in [-0.4, -0.2) is 0 Å². The first-order valence-corrected chi connectivity index (χ1v) is 23.7. The first kappa shape index (κ1) is 40.3. The summed E-state index contributed by atoms with van der Waals surface area (Å²) in [6.45, 7) is 0. The molecule has 0 amide bonds. The topological polar surface area (TPSA) is 16.4 Å². The molecule has 324 valence electrons. The second-order valence-electron chi connectivity index (χ2n) is 17.9. The van der Waals surface area contributed by atoms with Crippen molar-refractivity contribution in [1.29, 1.82) is 0 Å². The number of hydrogen-bond donors (Lipinski definition) is 0. The SMILES string of the molecule is c1ccc(-c2ccc(-c3ccccc3N(c3ccc(-c4cccc5c4-c4ccccc4C5(c4ccccc4)c4ccccc4)cc3)c3ccc(-c4cccc5c4oc4ccccc45)cc3)cc2)cc1. The predicted molar refractivity (Wildman–Crippen MR) is 287 cm³/mol. The Bertz CT molecular complexity index is 3760. The fourth-order valence-electron chi connectivity index (χ4n) is 11.1. The van der Waals surface area contributed by atoms with E-state index in [1.807, 2.05) is 12.1 Å². The van der Waals surface area contributed by atoms with Crippen molar-refractivity contribution >= 4 is 39.0 Å². The third-order valence-electron chi connectivity index (χ3n) is 14.2. The maximum absolute atomic E-state index is 6.50. The Morgan fingerprint density at radius 3 is 1.43 bits per heavy atom. The van der Waals surface area contributed by atoms with Gasteiger partial charge in [0.1, 0.15) is 11.2 Å². The maximum atomic E-state index is 6.50. The molecule has 0 unspecified atom stereocenters. The molecule has 2 nitrogen and oxygen atoms in total. The molecule has 0 N–H and O–H groups in total. The third kappa shape index (κ3) is 6.64. The van der Waals surface area contributed by atoms with Crippen LogP contribution in [0.5, 0.6) is 0 Å². The van der Waals surface area contributed by atoms with Crippen LogP contribution in [0.25, 0.3) is 77.6 Å². The zero-order valence-electron chi connectivity index (χ0n) is 37.8. The Balaban J connectivity index is 0.947. The van der Waals surface area contributed by atoms with E-state index in [9.17, 15) is 0 Å². The van der Waals surface area contributed by atoms with Gasteiger partial charge >= 0.3 is 0 Å².